The van der Waals surface area contributed by atoms with Crippen LogP contribution in [0.15, 0.2) is 54.6 Å². The Hall–Kier alpha value is -2.82. The first-order valence-electron chi connectivity index (χ1n) is 10.8. The van der Waals surface area contributed by atoms with Crippen molar-refractivity contribution in [1.29, 1.82) is 0 Å². The number of rotatable bonds is 14. The smallest absolute Gasteiger partial charge is 0.338 e. The van der Waals surface area contributed by atoms with Crippen molar-refractivity contribution in [1.82, 2.24) is 0 Å². The van der Waals surface area contributed by atoms with Gasteiger partial charge >= 0.3 is 11.9 Å². The van der Waals surface area contributed by atoms with Gasteiger partial charge in [0.2, 0.25) is 0 Å². The van der Waals surface area contributed by atoms with Gasteiger partial charge in [-0.05, 0) is 42.8 Å². The summed E-state index contributed by atoms with van der Waals surface area (Å²) in [4.78, 5) is 24.2. The van der Waals surface area contributed by atoms with Crippen molar-refractivity contribution in [2.45, 2.75) is 51.9 Å². The summed E-state index contributed by atoms with van der Waals surface area (Å²) in [5.74, 6) is -0.0836. The van der Waals surface area contributed by atoms with Gasteiger partial charge < -0.3 is 14.2 Å². The summed E-state index contributed by atoms with van der Waals surface area (Å²) in [6.07, 6.45) is 8.22. The van der Waals surface area contributed by atoms with Crippen molar-refractivity contribution in [3.05, 3.63) is 65.7 Å². The van der Waals surface area contributed by atoms with Gasteiger partial charge in [-0.3, -0.25) is 0 Å². The van der Waals surface area contributed by atoms with Gasteiger partial charge in [-0.25, -0.2) is 9.59 Å². The van der Waals surface area contributed by atoms with E-state index < -0.39 is 5.97 Å². The van der Waals surface area contributed by atoms with Crippen LogP contribution in [-0.4, -0.2) is 31.8 Å². The maximum Gasteiger partial charge on any atom is 0.338 e. The Balaban J connectivity index is 1.62. The van der Waals surface area contributed by atoms with Gasteiger partial charge in [0.05, 0.1) is 17.7 Å². The van der Waals surface area contributed by atoms with Crippen LogP contribution >= 0.6 is 0 Å². The fourth-order valence-electron chi connectivity index (χ4n) is 2.94. The average Bonchev–Trinajstić information content (AvgIpc) is 2.79. The summed E-state index contributed by atoms with van der Waals surface area (Å²) in [5, 5.41) is 0. The van der Waals surface area contributed by atoms with Gasteiger partial charge in [-0.15, -0.1) is 0 Å². The highest BCUT2D eigenvalue weighted by Crippen LogP contribution is 2.11. The second-order valence-corrected chi connectivity index (χ2v) is 7.13. The number of ether oxygens (including phenoxy) is 3. The number of hydrogen-bond acceptors (Lipinski definition) is 5. The molecular formula is C25H32O5. The van der Waals surface area contributed by atoms with E-state index in [4.69, 9.17) is 14.2 Å². The average molecular weight is 413 g/mol. The zero-order valence-corrected chi connectivity index (χ0v) is 17.8. The van der Waals surface area contributed by atoms with Gasteiger partial charge in [0.25, 0.3) is 0 Å². The number of unbranched alkanes of at least 4 members (excludes halogenated alkanes) is 6. The summed E-state index contributed by atoms with van der Waals surface area (Å²) in [6, 6.07) is 15.7. The third-order valence-electron chi connectivity index (χ3n) is 4.67. The van der Waals surface area contributed by atoms with Crippen LogP contribution in [0.3, 0.4) is 0 Å². The van der Waals surface area contributed by atoms with Gasteiger partial charge in [0.15, 0.2) is 0 Å². The molecule has 0 fully saturated rings. The van der Waals surface area contributed by atoms with Crippen LogP contribution in [0.25, 0.3) is 0 Å². The monoisotopic (exact) mass is 412 g/mol. The molecule has 162 valence electrons. The Kier molecular flexibility index (Phi) is 11.1. The first-order chi connectivity index (χ1) is 14.7. The number of carbonyl (C=O) groups excluding carboxylic acids is 2. The minimum atomic E-state index is -0.449. The zero-order valence-electron chi connectivity index (χ0n) is 17.8. The molecule has 30 heavy (non-hydrogen) atoms. The number of carbonyl (C=O) groups is 2. The number of para-hydroxylation sites is 1. The lowest BCUT2D eigenvalue weighted by Crippen LogP contribution is -2.13. The highest BCUT2D eigenvalue weighted by atomic mass is 16.6. The molecule has 0 radical (unpaired) electrons. The van der Waals surface area contributed by atoms with Gasteiger partial charge in [0, 0.05) is 0 Å². The van der Waals surface area contributed by atoms with Gasteiger partial charge in [-0.1, -0.05) is 63.6 Å². The van der Waals surface area contributed by atoms with E-state index >= 15 is 0 Å². The summed E-state index contributed by atoms with van der Waals surface area (Å²) in [6.45, 7) is 3.06. The summed E-state index contributed by atoms with van der Waals surface area (Å²) in [7, 11) is 0. The lowest BCUT2D eigenvalue weighted by atomic mass is 10.1. The molecule has 0 saturated carbocycles. The molecule has 2 aromatic carbocycles. The molecule has 0 amide bonds. The van der Waals surface area contributed by atoms with Crippen molar-refractivity contribution < 1.29 is 23.8 Å². The molecule has 0 aromatic heterocycles. The van der Waals surface area contributed by atoms with E-state index in [1.54, 1.807) is 24.3 Å². The third kappa shape index (κ3) is 9.12. The second kappa shape index (κ2) is 14.2. The first-order valence-corrected chi connectivity index (χ1v) is 10.8. The standard InChI is InChI=1S/C25H32O5/c1-2-3-4-5-6-7-11-18-29-24(26)21-14-16-22(17-15-21)25(27)30-20-19-28-23-12-9-8-10-13-23/h8-10,12-17H,2-7,11,18-20H2,1H3. The predicted octanol–water partition coefficient (Wildman–Crippen LogP) is 5.83. The zero-order chi connectivity index (χ0) is 21.4. The SMILES string of the molecule is CCCCCCCCCOC(=O)c1ccc(C(=O)OCCOc2ccccc2)cc1. The summed E-state index contributed by atoms with van der Waals surface area (Å²) >= 11 is 0. The largest absolute Gasteiger partial charge is 0.490 e. The van der Waals surface area contributed by atoms with E-state index in [0.717, 1.165) is 18.6 Å². The van der Waals surface area contributed by atoms with E-state index in [-0.39, 0.29) is 19.2 Å². The normalized spacial score (nSPS) is 10.4. The highest BCUT2D eigenvalue weighted by Gasteiger charge is 2.11. The quantitative estimate of drug-likeness (QED) is 0.289. The van der Waals surface area contributed by atoms with Crippen molar-refractivity contribution in [2.24, 2.45) is 0 Å². The van der Waals surface area contributed by atoms with Crippen molar-refractivity contribution in [3.63, 3.8) is 0 Å². The van der Waals surface area contributed by atoms with Crippen LogP contribution in [0.5, 0.6) is 5.75 Å². The lowest BCUT2D eigenvalue weighted by Gasteiger charge is -2.08. The second-order valence-electron chi connectivity index (χ2n) is 7.13. The highest BCUT2D eigenvalue weighted by molar-refractivity contribution is 5.93. The molecule has 2 rings (SSSR count). The molecule has 2 aromatic rings. The van der Waals surface area contributed by atoms with Crippen molar-refractivity contribution >= 4 is 11.9 Å². The molecule has 0 bridgehead atoms. The van der Waals surface area contributed by atoms with Gasteiger partial charge in [0.1, 0.15) is 19.0 Å². The Labute approximate surface area is 179 Å². The third-order valence-corrected chi connectivity index (χ3v) is 4.67. The van der Waals surface area contributed by atoms with E-state index in [9.17, 15) is 9.59 Å². The van der Waals surface area contributed by atoms with Crippen LogP contribution in [0, 0.1) is 0 Å². The van der Waals surface area contributed by atoms with E-state index in [0.29, 0.717) is 17.7 Å². The van der Waals surface area contributed by atoms with Gasteiger partial charge in [-0.2, -0.15) is 0 Å². The number of hydrogen-bond donors (Lipinski definition) is 0. The van der Waals surface area contributed by atoms with Crippen molar-refractivity contribution in [2.75, 3.05) is 19.8 Å². The van der Waals surface area contributed by atoms with E-state index in [2.05, 4.69) is 6.92 Å². The van der Waals surface area contributed by atoms with Crippen LogP contribution < -0.4 is 4.74 Å². The molecule has 0 unspecified atom stereocenters. The topological polar surface area (TPSA) is 61.8 Å². The summed E-state index contributed by atoms with van der Waals surface area (Å²) < 4.78 is 16.0. The van der Waals surface area contributed by atoms with Crippen LogP contribution in [0.2, 0.25) is 0 Å². The fourth-order valence-corrected chi connectivity index (χ4v) is 2.94. The molecule has 0 heterocycles. The van der Waals surface area contributed by atoms with E-state index in [1.165, 1.54) is 32.1 Å². The summed E-state index contributed by atoms with van der Waals surface area (Å²) in [5.41, 5.74) is 0.820. The molecule has 0 N–H and O–H groups in total. The molecule has 0 saturated heterocycles. The molecule has 0 aliphatic rings. The van der Waals surface area contributed by atoms with Crippen LogP contribution in [-0.2, 0) is 9.47 Å². The van der Waals surface area contributed by atoms with Crippen LogP contribution in [0.1, 0.15) is 72.6 Å². The predicted molar refractivity (Wildman–Crippen MR) is 117 cm³/mol. The number of esters is 2. The molecule has 5 heteroatoms. The Bertz CT molecular complexity index is 740. The molecular weight excluding hydrogens is 380 g/mol. The van der Waals surface area contributed by atoms with E-state index in [1.807, 2.05) is 30.3 Å². The van der Waals surface area contributed by atoms with Crippen LogP contribution in [0.4, 0.5) is 0 Å². The minimum Gasteiger partial charge on any atom is -0.490 e. The van der Waals surface area contributed by atoms with Crippen molar-refractivity contribution in [3.8, 4) is 5.75 Å². The molecule has 5 nitrogen and oxygen atoms in total. The molecule has 0 atom stereocenters. The lowest BCUT2D eigenvalue weighted by molar-refractivity contribution is 0.0447. The maximum atomic E-state index is 12.1. The minimum absolute atomic E-state index is 0.149. The Morgan fingerprint density at radius 3 is 1.77 bits per heavy atom. The molecule has 0 aliphatic heterocycles. The fraction of sp³-hybridized carbons (Fsp3) is 0.440. The molecule has 0 aliphatic carbocycles. The number of benzene rings is 2. The molecule has 0 spiro atoms. The first kappa shape index (κ1) is 23.5. The maximum absolute atomic E-state index is 12.1. The Morgan fingerprint density at radius 1 is 0.633 bits per heavy atom. The Morgan fingerprint density at radius 2 is 1.17 bits per heavy atom.